The Kier molecular flexibility index (Phi) is 7.19. The summed E-state index contributed by atoms with van der Waals surface area (Å²) < 4.78 is 53.0. The number of likely N-dealkylation sites (tertiary alicyclic amines) is 2. The Morgan fingerprint density at radius 2 is 1.87 bits per heavy atom. The van der Waals surface area contributed by atoms with E-state index in [2.05, 4.69) is 32.0 Å². The van der Waals surface area contributed by atoms with Crippen LogP contribution in [0.4, 0.5) is 13.2 Å². The number of amides is 1. The molecule has 0 spiro atoms. The summed E-state index contributed by atoms with van der Waals surface area (Å²) >= 11 is 0. The number of nitrogens with zero attached hydrogens (tertiary/aromatic N) is 4. The van der Waals surface area contributed by atoms with Gasteiger partial charge in [-0.25, -0.2) is 0 Å². The molecule has 38 heavy (non-hydrogen) atoms. The number of fused-ring (bicyclic) bond motifs is 2. The van der Waals surface area contributed by atoms with E-state index in [0.717, 1.165) is 29.7 Å². The highest BCUT2D eigenvalue weighted by atomic mass is 19.4. The monoisotopic (exact) mass is 533 g/mol. The Balaban J connectivity index is 1.09. The van der Waals surface area contributed by atoms with Gasteiger partial charge in [0, 0.05) is 44.1 Å². The van der Waals surface area contributed by atoms with Crippen LogP contribution in [0.1, 0.15) is 24.5 Å². The smallest absolute Gasteiger partial charge is 0.497 e. The first-order valence-corrected chi connectivity index (χ1v) is 12.4. The molecule has 2 fully saturated rings. The number of hydrogen-bond acceptors (Lipinski definition) is 7. The Morgan fingerprint density at radius 1 is 1.08 bits per heavy atom. The van der Waals surface area contributed by atoms with Crippen molar-refractivity contribution in [2.24, 2.45) is 11.3 Å². The third-order valence-electron chi connectivity index (χ3n) is 7.35. The lowest BCUT2D eigenvalue weighted by molar-refractivity contribution is -0.274. The molecule has 0 saturated carbocycles. The normalized spacial score (nSPS) is 21.7. The maximum atomic E-state index is 13.0. The second-order valence-electron chi connectivity index (χ2n) is 10.3. The van der Waals surface area contributed by atoms with Crippen LogP contribution in [0.2, 0.25) is 0 Å². The number of aromatic nitrogens is 3. The number of aryl methyl sites for hydroxylation is 1. The van der Waals surface area contributed by atoms with Gasteiger partial charge in [0.05, 0.1) is 20.4 Å². The first-order valence-electron chi connectivity index (χ1n) is 12.4. The number of carbonyl (C=O) groups excluding carboxylic acids is 1. The molecule has 3 aromatic rings. The summed E-state index contributed by atoms with van der Waals surface area (Å²) in [6, 6.07) is 9.94. The van der Waals surface area contributed by atoms with Gasteiger partial charge in [0.25, 0.3) is 0 Å². The van der Waals surface area contributed by atoms with Crippen molar-refractivity contribution in [3.8, 4) is 11.5 Å². The molecule has 1 N–H and O–H groups in total. The van der Waals surface area contributed by atoms with E-state index in [9.17, 15) is 18.0 Å². The number of aromatic amines is 1. The number of alkyl halides is 3. The Bertz CT molecular complexity index is 1300. The standard InChI is InChI=1S/C26H30F3N5O4/c1-25-14-33(16-37-13-18-3-5-22-23(9-18)31-32-30-22)11-19(25)12-34(15-25)24(35)6-4-17-7-20(36-2)10-21(8-17)38-26(27,28)29/h3,5,7-10,19H,4,6,11-16H2,1-2H3,(H,30,31,32)/t19-,25?/m0/s1. The number of halogens is 3. The average molecular weight is 534 g/mol. The highest BCUT2D eigenvalue weighted by Crippen LogP contribution is 2.42. The zero-order valence-electron chi connectivity index (χ0n) is 21.3. The summed E-state index contributed by atoms with van der Waals surface area (Å²) in [5.41, 5.74) is 3.18. The molecule has 0 aliphatic carbocycles. The van der Waals surface area contributed by atoms with Crippen LogP contribution in [-0.4, -0.2) is 77.5 Å². The average Bonchev–Trinajstić information content (AvgIpc) is 3.52. The number of carbonyl (C=O) groups is 1. The Morgan fingerprint density at radius 3 is 2.63 bits per heavy atom. The Hall–Kier alpha value is -3.38. The summed E-state index contributed by atoms with van der Waals surface area (Å²) in [5, 5.41) is 10.8. The van der Waals surface area contributed by atoms with Gasteiger partial charge < -0.3 is 19.1 Å². The molecule has 2 aliphatic rings. The molecule has 2 aromatic carbocycles. The topological polar surface area (TPSA) is 92.8 Å². The zero-order chi connectivity index (χ0) is 26.9. The van der Waals surface area contributed by atoms with E-state index in [0.29, 0.717) is 44.3 Å². The van der Waals surface area contributed by atoms with Crippen molar-refractivity contribution in [1.29, 1.82) is 0 Å². The summed E-state index contributed by atoms with van der Waals surface area (Å²) in [6.45, 7) is 6.17. The van der Waals surface area contributed by atoms with Crippen LogP contribution in [0, 0.1) is 11.3 Å². The van der Waals surface area contributed by atoms with Gasteiger partial charge in [0.2, 0.25) is 5.91 Å². The number of rotatable bonds is 9. The summed E-state index contributed by atoms with van der Waals surface area (Å²) in [5.74, 6) is 0.222. The van der Waals surface area contributed by atoms with Gasteiger partial charge in [-0.15, -0.1) is 13.2 Å². The second-order valence-corrected chi connectivity index (χ2v) is 10.3. The Labute approximate surface area is 217 Å². The maximum Gasteiger partial charge on any atom is 0.573 e. The van der Waals surface area contributed by atoms with Crippen molar-refractivity contribution in [2.45, 2.75) is 32.7 Å². The van der Waals surface area contributed by atoms with Crippen molar-refractivity contribution in [3.05, 3.63) is 47.5 Å². The van der Waals surface area contributed by atoms with Crippen molar-refractivity contribution < 1.29 is 32.2 Å². The lowest BCUT2D eigenvalue weighted by atomic mass is 9.83. The highest BCUT2D eigenvalue weighted by Gasteiger charge is 2.50. The molecule has 9 nitrogen and oxygen atoms in total. The molecule has 1 unspecified atom stereocenters. The number of ether oxygens (including phenoxy) is 3. The molecule has 0 radical (unpaired) electrons. The number of H-pyrrole nitrogens is 1. The summed E-state index contributed by atoms with van der Waals surface area (Å²) in [7, 11) is 1.37. The minimum atomic E-state index is -4.80. The lowest BCUT2D eigenvalue weighted by Crippen LogP contribution is -2.36. The van der Waals surface area contributed by atoms with Crippen LogP contribution < -0.4 is 9.47 Å². The van der Waals surface area contributed by atoms with Crippen molar-refractivity contribution in [3.63, 3.8) is 0 Å². The molecule has 2 aliphatic heterocycles. The maximum absolute atomic E-state index is 13.0. The summed E-state index contributed by atoms with van der Waals surface area (Å²) in [6.07, 6.45) is -4.31. The molecule has 1 amide bonds. The minimum absolute atomic E-state index is 0.00668. The quantitative estimate of drug-likeness (QED) is 0.448. The van der Waals surface area contributed by atoms with Crippen molar-refractivity contribution in [1.82, 2.24) is 25.2 Å². The van der Waals surface area contributed by atoms with Crippen molar-refractivity contribution in [2.75, 3.05) is 40.0 Å². The van der Waals surface area contributed by atoms with E-state index in [1.54, 1.807) is 6.07 Å². The van der Waals surface area contributed by atoms with Gasteiger partial charge in [-0.1, -0.05) is 13.0 Å². The second kappa shape index (κ2) is 10.4. The van der Waals surface area contributed by atoms with Crippen molar-refractivity contribution >= 4 is 16.9 Å². The van der Waals surface area contributed by atoms with E-state index >= 15 is 0 Å². The van der Waals surface area contributed by atoms with Gasteiger partial charge in [0.1, 0.15) is 22.5 Å². The predicted molar refractivity (Wildman–Crippen MR) is 131 cm³/mol. The van der Waals surface area contributed by atoms with Gasteiger partial charge in [-0.3, -0.25) is 9.69 Å². The molecule has 1 aromatic heterocycles. The molecular weight excluding hydrogens is 503 g/mol. The number of nitrogens with one attached hydrogen (secondary N) is 1. The van der Waals surface area contributed by atoms with Gasteiger partial charge in [-0.05, 0) is 47.7 Å². The predicted octanol–water partition coefficient (Wildman–Crippen LogP) is 3.75. The van der Waals surface area contributed by atoms with Crippen LogP contribution in [0.3, 0.4) is 0 Å². The number of methoxy groups -OCH3 is 1. The molecule has 12 heteroatoms. The highest BCUT2D eigenvalue weighted by molar-refractivity contribution is 5.77. The SMILES string of the molecule is COc1cc(CCC(=O)N2C[C@@H]3CN(COCc4ccc5n[nH]nc5c4)CC3(C)C2)cc(OC(F)(F)F)c1. The lowest BCUT2D eigenvalue weighted by Gasteiger charge is -2.25. The molecule has 5 rings (SSSR count). The number of benzene rings is 2. The number of hydrogen-bond donors (Lipinski definition) is 1. The molecule has 2 saturated heterocycles. The van der Waals surface area contributed by atoms with E-state index in [-0.39, 0.29) is 29.2 Å². The molecular formula is C26H30F3N5O4. The molecule has 2 atom stereocenters. The first kappa shape index (κ1) is 26.2. The van der Waals surface area contributed by atoms with Crippen LogP contribution in [0.15, 0.2) is 36.4 Å². The van der Waals surface area contributed by atoms with Crippen LogP contribution in [0.5, 0.6) is 11.5 Å². The zero-order valence-corrected chi connectivity index (χ0v) is 21.3. The fraction of sp³-hybridized carbons (Fsp3) is 0.500. The van der Waals surface area contributed by atoms with E-state index in [1.807, 2.05) is 23.1 Å². The third kappa shape index (κ3) is 6.02. The first-order chi connectivity index (χ1) is 18.1. The van der Waals surface area contributed by atoms with Gasteiger partial charge in [0.15, 0.2) is 0 Å². The van der Waals surface area contributed by atoms with Gasteiger partial charge in [-0.2, -0.15) is 15.4 Å². The summed E-state index contributed by atoms with van der Waals surface area (Å²) in [4.78, 5) is 17.1. The van der Waals surface area contributed by atoms with Crippen LogP contribution in [0.25, 0.3) is 11.0 Å². The van der Waals surface area contributed by atoms with Crippen LogP contribution in [-0.2, 0) is 22.6 Å². The van der Waals surface area contributed by atoms with Crippen LogP contribution >= 0.6 is 0 Å². The largest absolute Gasteiger partial charge is 0.573 e. The minimum Gasteiger partial charge on any atom is -0.497 e. The van der Waals surface area contributed by atoms with E-state index < -0.39 is 6.36 Å². The fourth-order valence-electron chi connectivity index (χ4n) is 5.51. The molecule has 204 valence electrons. The van der Waals surface area contributed by atoms with Gasteiger partial charge >= 0.3 is 6.36 Å². The molecule has 0 bridgehead atoms. The van der Waals surface area contributed by atoms with E-state index in [1.165, 1.54) is 19.2 Å². The van der Waals surface area contributed by atoms with E-state index in [4.69, 9.17) is 9.47 Å². The third-order valence-corrected chi connectivity index (χ3v) is 7.35. The molecule has 3 heterocycles. The fourth-order valence-corrected chi connectivity index (χ4v) is 5.51.